The van der Waals surface area contributed by atoms with Gasteiger partial charge in [-0.2, -0.15) is 0 Å². The van der Waals surface area contributed by atoms with E-state index in [9.17, 15) is 9.90 Å². The van der Waals surface area contributed by atoms with Crippen LogP contribution in [0, 0.1) is 5.92 Å². The monoisotopic (exact) mass is 458 g/mol. The average molecular weight is 459 g/mol. The van der Waals surface area contributed by atoms with E-state index in [4.69, 9.17) is 4.74 Å². The molecule has 1 saturated heterocycles. The van der Waals surface area contributed by atoms with Crippen LogP contribution in [0.4, 0.5) is 0 Å². The first-order chi connectivity index (χ1) is 16.4. The van der Waals surface area contributed by atoms with E-state index in [1.165, 1.54) is 5.56 Å². The number of ether oxygens (including phenoxy) is 1. The highest BCUT2D eigenvalue weighted by Crippen LogP contribution is 2.50. The number of aliphatic hydroxyl groups is 1. The molecular weight excluding hydrogens is 424 g/mol. The number of hydrogen-bond acceptors (Lipinski definition) is 4. The lowest BCUT2D eigenvalue weighted by atomic mass is 9.57. The van der Waals surface area contributed by atoms with Crippen LogP contribution in [0.25, 0.3) is 10.8 Å². The molecule has 5 rings (SSSR count). The molecule has 2 aliphatic rings. The van der Waals surface area contributed by atoms with Crippen molar-refractivity contribution in [2.45, 2.75) is 36.8 Å². The Kier molecular flexibility index (Phi) is 6.09. The molecule has 1 N–H and O–H groups in total. The summed E-state index contributed by atoms with van der Waals surface area (Å²) >= 11 is 0. The molecule has 34 heavy (non-hydrogen) atoms. The summed E-state index contributed by atoms with van der Waals surface area (Å²) in [5, 5.41) is 13.6. The van der Waals surface area contributed by atoms with Crippen LogP contribution in [0.1, 0.15) is 35.2 Å². The van der Waals surface area contributed by atoms with Crippen LogP contribution in [-0.2, 0) is 5.41 Å². The third-order valence-electron chi connectivity index (χ3n) is 8.24. The second-order valence-electron chi connectivity index (χ2n) is 10.1. The number of carbonyl (C=O) groups is 1. The van der Waals surface area contributed by atoms with Crippen LogP contribution < -0.4 is 4.74 Å². The van der Waals surface area contributed by atoms with Crippen LogP contribution in [0.3, 0.4) is 0 Å². The minimum absolute atomic E-state index is 0.00937. The molecule has 1 saturated carbocycles. The fraction of sp³-hybridized carbons (Fsp3) is 0.414. The van der Waals surface area contributed by atoms with Crippen molar-refractivity contribution in [2.75, 3.05) is 34.3 Å². The smallest absolute Gasteiger partial charge is 0.253 e. The second-order valence-corrected chi connectivity index (χ2v) is 10.1. The van der Waals surface area contributed by atoms with Crippen molar-refractivity contribution in [1.29, 1.82) is 0 Å². The maximum absolute atomic E-state index is 13.6. The van der Waals surface area contributed by atoms with E-state index in [1.807, 2.05) is 60.5 Å². The molecule has 3 aromatic rings. The largest absolute Gasteiger partial charge is 0.497 e. The second kappa shape index (κ2) is 9.05. The molecule has 1 heterocycles. The Bertz CT molecular complexity index is 1190. The molecule has 5 heteroatoms. The van der Waals surface area contributed by atoms with Crippen molar-refractivity contribution < 1.29 is 14.6 Å². The third kappa shape index (κ3) is 3.97. The van der Waals surface area contributed by atoms with Crippen molar-refractivity contribution >= 4 is 16.7 Å². The summed E-state index contributed by atoms with van der Waals surface area (Å²) in [4.78, 5) is 17.7. The van der Waals surface area contributed by atoms with E-state index in [-0.39, 0.29) is 23.3 Å². The van der Waals surface area contributed by atoms with E-state index >= 15 is 0 Å². The number of likely N-dealkylation sites (tertiary alicyclic amines) is 1. The molecule has 0 aromatic heterocycles. The molecule has 2 fully saturated rings. The summed E-state index contributed by atoms with van der Waals surface area (Å²) in [5.74, 6) is 0.968. The molecule has 4 unspecified atom stereocenters. The quantitative estimate of drug-likeness (QED) is 0.632. The Morgan fingerprint density at radius 3 is 2.68 bits per heavy atom. The molecule has 1 aliphatic heterocycles. The molecule has 4 atom stereocenters. The van der Waals surface area contributed by atoms with Crippen molar-refractivity contribution in [1.82, 2.24) is 9.80 Å². The zero-order valence-corrected chi connectivity index (χ0v) is 20.3. The van der Waals surface area contributed by atoms with Crippen LogP contribution >= 0.6 is 0 Å². The number of benzene rings is 3. The van der Waals surface area contributed by atoms with Gasteiger partial charge in [-0.15, -0.1) is 0 Å². The number of carbonyl (C=O) groups excluding carboxylic acids is 1. The van der Waals surface area contributed by atoms with Gasteiger partial charge in [-0.1, -0.05) is 42.5 Å². The highest BCUT2D eigenvalue weighted by atomic mass is 16.5. The van der Waals surface area contributed by atoms with E-state index < -0.39 is 6.10 Å². The van der Waals surface area contributed by atoms with Gasteiger partial charge in [0.05, 0.1) is 13.2 Å². The predicted molar refractivity (Wildman–Crippen MR) is 135 cm³/mol. The Morgan fingerprint density at radius 1 is 1.09 bits per heavy atom. The number of piperidine rings is 1. The summed E-state index contributed by atoms with van der Waals surface area (Å²) in [6, 6.07) is 22.3. The van der Waals surface area contributed by atoms with Gasteiger partial charge in [0.15, 0.2) is 0 Å². The molecular formula is C29H34N2O3. The first-order valence-corrected chi connectivity index (χ1v) is 12.2. The van der Waals surface area contributed by atoms with E-state index in [0.29, 0.717) is 12.0 Å². The average Bonchev–Trinajstić information content (AvgIpc) is 2.88. The number of nitrogens with zero attached hydrogens (tertiary/aromatic N) is 2. The zero-order valence-electron chi connectivity index (χ0n) is 20.3. The molecule has 0 spiro atoms. The lowest BCUT2D eigenvalue weighted by Crippen LogP contribution is -2.60. The normalized spacial score (nSPS) is 27.2. The number of aliphatic hydroxyl groups excluding tert-OH is 1. The lowest BCUT2D eigenvalue weighted by molar-refractivity contribution is -0.0566. The van der Waals surface area contributed by atoms with Gasteiger partial charge in [-0.3, -0.25) is 4.79 Å². The number of rotatable bonds is 4. The van der Waals surface area contributed by atoms with Gasteiger partial charge >= 0.3 is 0 Å². The van der Waals surface area contributed by atoms with Crippen LogP contribution in [0.15, 0.2) is 66.7 Å². The summed E-state index contributed by atoms with van der Waals surface area (Å²) < 4.78 is 5.54. The van der Waals surface area contributed by atoms with Crippen LogP contribution in [-0.4, -0.2) is 67.3 Å². The first kappa shape index (κ1) is 22.9. The number of hydrogen-bond donors (Lipinski definition) is 1. The van der Waals surface area contributed by atoms with Gasteiger partial charge in [0.25, 0.3) is 5.91 Å². The summed E-state index contributed by atoms with van der Waals surface area (Å²) in [7, 11) is 5.71. The molecule has 1 amide bonds. The van der Waals surface area contributed by atoms with Gasteiger partial charge in [-0.05, 0) is 73.5 Å². The minimum Gasteiger partial charge on any atom is -0.497 e. The molecule has 0 radical (unpaired) electrons. The zero-order chi connectivity index (χ0) is 23.9. The first-order valence-electron chi connectivity index (χ1n) is 12.2. The van der Waals surface area contributed by atoms with E-state index in [2.05, 4.69) is 30.1 Å². The SMILES string of the molecule is COc1cccc(C23CCN(C)CC2C(O)CC(N(C)C(=O)c2ccc4ccccc4c2)C3)c1. The number of fused-ring (bicyclic) bond motifs is 2. The molecule has 178 valence electrons. The van der Waals surface area contributed by atoms with E-state index in [0.717, 1.165) is 42.5 Å². The van der Waals surface area contributed by atoms with Gasteiger partial charge in [0.2, 0.25) is 0 Å². The van der Waals surface area contributed by atoms with E-state index in [1.54, 1.807) is 7.11 Å². The van der Waals surface area contributed by atoms with Gasteiger partial charge in [0, 0.05) is 36.5 Å². The summed E-state index contributed by atoms with van der Waals surface area (Å²) in [5.41, 5.74) is 1.71. The third-order valence-corrected chi connectivity index (χ3v) is 8.24. The maximum Gasteiger partial charge on any atom is 0.253 e. The Morgan fingerprint density at radius 2 is 1.88 bits per heavy atom. The van der Waals surface area contributed by atoms with Crippen molar-refractivity contribution in [3.05, 3.63) is 77.9 Å². The Hall–Kier alpha value is -2.89. The highest BCUT2D eigenvalue weighted by molar-refractivity contribution is 5.98. The fourth-order valence-corrected chi connectivity index (χ4v) is 6.26. The molecule has 0 bridgehead atoms. The Balaban J connectivity index is 1.48. The maximum atomic E-state index is 13.6. The molecule has 3 aromatic carbocycles. The minimum atomic E-state index is -0.473. The number of methoxy groups -OCH3 is 1. The topological polar surface area (TPSA) is 53.0 Å². The van der Waals surface area contributed by atoms with Crippen LogP contribution in [0.5, 0.6) is 5.75 Å². The van der Waals surface area contributed by atoms with Gasteiger partial charge in [0.1, 0.15) is 5.75 Å². The lowest BCUT2D eigenvalue weighted by Gasteiger charge is -2.55. The molecule has 1 aliphatic carbocycles. The summed E-state index contributed by atoms with van der Waals surface area (Å²) in [6.07, 6.45) is 1.91. The van der Waals surface area contributed by atoms with Crippen molar-refractivity contribution in [2.24, 2.45) is 5.92 Å². The van der Waals surface area contributed by atoms with Crippen LogP contribution in [0.2, 0.25) is 0 Å². The van der Waals surface area contributed by atoms with Gasteiger partial charge < -0.3 is 19.6 Å². The highest BCUT2D eigenvalue weighted by Gasteiger charge is 2.52. The fourth-order valence-electron chi connectivity index (χ4n) is 6.26. The van der Waals surface area contributed by atoms with Gasteiger partial charge in [-0.25, -0.2) is 0 Å². The molecule has 5 nitrogen and oxygen atoms in total. The predicted octanol–water partition coefficient (Wildman–Crippen LogP) is 4.33. The number of amides is 1. The summed E-state index contributed by atoms with van der Waals surface area (Å²) in [6.45, 7) is 1.82. The Labute approximate surface area is 201 Å². The van der Waals surface area contributed by atoms with Crippen molar-refractivity contribution in [3.63, 3.8) is 0 Å². The standard InChI is InChI=1S/C29H34N2O3/c1-30-14-13-29(23-9-6-10-25(16-23)34-3)18-24(17-27(32)26(29)19-30)31(2)28(33)22-12-11-20-7-4-5-8-21(20)15-22/h4-12,15-16,24,26-27,32H,13-14,17-19H2,1-3H3. The van der Waals surface area contributed by atoms with Crippen molar-refractivity contribution in [3.8, 4) is 5.75 Å².